The fourth-order valence-corrected chi connectivity index (χ4v) is 1.22. The summed E-state index contributed by atoms with van der Waals surface area (Å²) in [5.41, 5.74) is 5.59. The predicted octanol–water partition coefficient (Wildman–Crippen LogP) is 0.341. The van der Waals surface area contributed by atoms with Crippen LogP contribution in [0.15, 0.2) is 0 Å². The van der Waals surface area contributed by atoms with Crippen LogP contribution in [-0.4, -0.2) is 29.6 Å². The fourth-order valence-electron chi connectivity index (χ4n) is 1.22. The summed E-state index contributed by atoms with van der Waals surface area (Å²) < 4.78 is 0. The molecule has 0 heterocycles. The number of carbonyl (C=O) groups excluding carboxylic acids is 1. The zero-order valence-electron chi connectivity index (χ0n) is 9.32. The number of carbonyl (C=O) groups is 2. The first-order valence-electron chi connectivity index (χ1n) is 5.22. The van der Waals surface area contributed by atoms with Crippen molar-refractivity contribution >= 4 is 11.9 Å². The van der Waals surface area contributed by atoms with E-state index in [1.54, 1.807) is 6.92 Å². The second-order valence-corrected chi connectivity index (χ2v) is 3.84. The van der Waals surface area contributed by atoms with Crippen LogP contribution in [0.3, 0.4) is 0 Å². The number of rotatable bonds is 7. The maximum Gasteiger partial charge on any atom is 0.303 e. The van der Waals surface area contributed by atoms with E-state index < -0.39 is 12.0 Å². The van der Waals surface area contributed by atoms with E-state index in [0.717, 1.165) is 6.42 Å². The molecule has 5 nitrogen and oxygen atoms in total. The lowest BCUT2D eigenvalue weighted by Crippen LogP contribution is -2.42. The molecule has 0 fully saturated rings. The summed E-state index contributed by atoms with van der Waals surface area (Å²) in [6, 6.07) is -0.480. The Morgan fingerprint density at radius 3 is 2.53 bits per heavy atom. The molecule has 0 radical (unpaired) electrons. The number of carboxylic acids is 1. The van der Waals surface area contributed by atoms with Crippen molar-refractivity contribution in [2.24, 2.45) is 11.7 Å². The van der Waals surface area contributed by atoms with E-state index in [9.17, 15) is 9.59 Å². The largest absolute Gasteiger partial charge is 0.481 e. The van der Waals surface area contributed by atoms with E-state index in [2.05, 4.69) is 5.32 Å². The first kappa shape index (κ1) is 13.9. The number of carboxylic acid groups (broad SMARTS) is 1. The Morgan fingerprint density at radius 2 is 2.07 bits per heavy atom. The summed E-state index contributed by atoms with van der Waals surface area (Å²) in [5.74, 6) is -1.12. The fraction of sp³-hybridized carbons (Fsp3) is 0.800. The summed E-state index contributed by atoms with van der Waals surface area (Å²) in [7, 11) is 0. The van der Waals surface area contributed by atoms with Crippen LogP contribution >= 0.6 is 0 Å². The molecule has 2 unspecified atom stereocenters. The zero-order chi connectivity index (χ0) is 11.8. The molecule has 0 rings (SSSR count). The van der Waals surface area contributed by atoms with Gasteiger partial charge in [0.15, 0.2) is 0 Å². The van der Waals surface area contributed by atoms with Gasteiger partial charge in [-0.05, 0) is 12.3 Å². The molecule has 4 N–H and O–H groups in total. The second kappa shape index (κ2) is 7.23. The molecule has 0 aromatic carbocycles. The number of hydrogen-bond acceptors (Lipinski definition) is 3. The maximum atomic E-state index is 11.3. The van der Waals surface area contributed by atoms with Crippen LogP contribution in [0.5, 0.6) is 0 Å². The SMILES string of the molecule is CCCC(N)C(=O)NCC(C)CC(=O)O. The third-order valence-electron chi connectivity index (χ3n) is 2.08. The Bertz CT molecular complexity index is 219. The van der Waals surface area contributed by atoms with Gasteiger partial charge in [0.1, 0.15) is 0 Å². The van der Waals surface area contributed by atoms with Gasteiger partial charge in [-0.15, -0.1) is 0 Å². The van der Waals surface area contributed by atoms with Crippen molar-refractivity contribution in [3.63, 3.8) is 0 Å². The van der Waals surface area contributed by atoms with Crippen LogP contribution in [0.2, 0.25) is 0 Å². The van der Waals surface area contributed by atoms with Gasteiger partial charge in [-0.25, -0.2) is 0 Å². The minimum absolute atomic E-state index is 0.0588. The lowest BCUT2D eigenvalue weighted by atomic mass is 10.1. The monoisotopic (exact) mass is 216 g/mol. The Morgan fingerprint density at radius 1 is 1.47 bits per heavy atom. The van der Waals surface area contributed by atoms with Crippen LogP contribution in [0.1, 0.15) is 33.1 Å². The molecule has 0 bridgehead atoms. The Hall–Kier alpha value is -1.10. The quantitative estimate of drug-likeness (QED) is 0.572. The van der Waals surface area contributed by atoms with Gasteiger partial charge in [0.05, 0.1) is 6.04 Å². The van der Waals surface area contributed by atoms with Gasteiger partial charge < -0.3 is 16.2 Å². The van der Waals surface area contributed by atoms with Gasteiger partial charge in [0.2, 0.25) is 5.91 Å². The van der Waals surface area contributed by atoms with Gasteiger partial charge in [0, 0.05) is 13.0 Å². The molecule has 88 valence electrons. The smallest absolute Gasteiger partial charge is 0.303 e. The minimum atomic E-state index is -0.852. The lowest BCUT2D eigenvalue weighted by Gasteiger charge is -2.13. The Labute approximate surface area is 90.0 Å². The van der Waals surface area contributed by atoms with E-state index in [1.807, 2.05) is 6.92 Å². The number of nitrogens with two attached hydrogens (primary N) is 1. The summed E-state index contributed by atoms with van der Waals surface area (Å²) in [6.45, 7) is 4.10. The molecular formula is C10H20N2O3. The zero-order valence-corrected chi connectivity index (χ0v) is 9.32. The molecular weight excluding hydrogens is 196 g/mol. The average molecular weight is 216 g/mol. The van der Waals surface area contributed by atoms with Gasteiger partial charge in [-0.3, -0.25) is 9.59 Å². The molecule has 0 aliphatic carbocycles. The van der Waals surface area contributed by atoms with Crippen LogP contribution in [0, 0.1) is 5.92 Å². The van der Waals surface area contributed by atoms with Crippen molar-refractivity contribution in [2.75, 3.05) is 6.54 Å². The van der Waals surface area contributed by atoms with Crippen molar-refractivity contribution in [2.45, 2.75) is 39.2 Å². The van der Waals surface area contributed by atoms with Crippen LogP contribution in [0.25, 0.3) is 0 Å². The van der Waals surface area contributed by atoms with Crippen molar-refractivity contribution in [1.82, 2.24) is 5.32 Å². The topological polar surface area (TPSA) is 92.4 Å². The Balaban J connectivity index is 3.74. The molecule has 2 atom stereocenters. The standard InChI is InChI=1S/C10H20N2O3/c1-3-4-8(11)10(15)12-6-7(2)5-9(13)14/h7-8H,3-6,11H2,1-2H3,(H,12,15)(H,13,14). The Kier molecular flexibility index (Phi) is 6.70. The molecule has 0 saturated heterocycles. The average Bonchev–Trinajstić information content (AvgIpc) is 2.13. The number of aliphatic carboxylic acids is 1. The third-order valence-corrected chi connectivity index (χ3v) is 2.08. The van der Waals surface area contributed by atoms with Crippen molar-refractivity contribution in [3.05, 3.63) is 0 Å². The van der Waals surface area contributed by atoms with E-state index in [1.165, 1.54) is 0 Å². The van der Waals surface area contributed by atoms with E-state index >= 15 is 0 Å². The van der Waals surface area contributed by atoms with Gasteiger partial charge in [-0.2, -0.15) is 0 Å². The molecule has 5 heteroatoms. The molecule has 0 aromatic rings. The van der Waals surface area contributed by atoms with Crippen molar-refractivity contribution in [3.8, 4) is 0 Å². The highest BCUT2D eigenvalue weighted by atomic mass is 16.4. The summed E-state index contributed by atoms with van der Waals surface area (Å²) in [6.07, 6.45) is 1.57. The number of nitrogens with one attached hydrogen (secondary N) is 1. The van der Waals surface area contributed by atoms with Gasteiger partial charge >= 0.3 is 5.97 Å². The van der Waals surface area contributed by atoms with Crippen LogP contribution < -0.4 is 11.1 Å². The lowest BCUT2D eigenvalue weighted by molar-refractivity contribution is -0.138. The minimum Gasteiger partial charge on any atom is -0.481 e. The van der Waals surface area contributed by atoms with Crippen LogP contribution in [0.4, 0.5) is 0 Å². The number of amides is 1. The third kappa shape index (κ3) is 6.90. The molecule has 1 amide bonds. The molecule has 15 heavy (non-hydrogen) atoms. The molecule has 0 aromatic heterocycles. The number of hydrogen-bond donors (Lipinski definition) is 3. The second-order valence-electron chi connectivity index (χ2n) is 3.84. The molecule has 0 aliphatic heterocycles. The van der Waals surface area contributed by atoms with Crippen molar-refractivity contribution < 1.29 is 14.7 Å². The highest BCUT2D eigenvalue weighted by Gasteiger charge is 2.14. The molecule has 0 saturated carbocycles. The van der Waals surface area contributed by atoms with E-state index in [4.69, 9.17) is 10.8 Å². The normalized spacial score (nSPS) is 14.3. The molecule has 0 aliphatic rings. The molecule has 0 spiro atoms. The highest BCUT2D eigenvalue weighted by molar-refractivity contribution is 5.81. The first-order chi connectivity index (χ1) is 6.97. The van der Waals surface area contributed by atoms with Gasteiger partial charge in [-0.1, -0.05) is 20.3 Å². The van der Waals surface area contributed by atoms with Crippen molar-refractivity contribution in [1.29, 1.82) is 0 Å². The van der Waals surface area contributed by atoms with Gasteiger partial charge in [0.25, 0.3) is 0 Å². The first-order valence-corrected chi connectivity index (χ1v) is 5.22. The highest BCUT2D eigenvalue weighted by Crippen LogP contribution is 2.00. The summed E-state index contributed by atoms with van der Waals surface area (Å²) in [4.78, 5) is 21.7. The maximum absolute atomic E-state index is 11.3. The predicted molar refractivity (Wildman–Crippen MR) is 57.3 cm³/mol. The summed E-state index contributed by atoms with van der Waals surface area (Å²) in [5, 5.41) is 11.2. The van der Waals surface area contributed by atoms with E-state index in [0.29, 0.717) is 13.0 Å². The van der Waals surface area contributed by atoms with Crippen LogP contribution in [-0.2, 0) is 9.59 Å². The summed E-state index contributed by atoms with van der Waals surface area (Å²) >= 11 is 0. The van der Waals surface area contributed by atoms with E-state index in [-0.39, 0.29) is 18.2 Å².